The minimum Gasteiger partial charge on any atom is -0.396 e. The van der Waals surface area contributed by atoms with Gasteiger partial charge in [-0.1, -0.05) is 6.07 Å². The van der Waals surface area contributed by atoms with E-state index in [9.17, 15) is 9.90 Å². The number of aliphatic hydroxyl groups excluding tert-OH is 2. The molecule has 1 aliphatic carbocycles. The van der Waals surface area contributed by atoms with E-state index in [-0.39, 0.29) is 12.5 Å². The van der Waals surface area contributed by atoms with Gasteiger partial charge < -0.3 is 20.0 Å². The van der Waals surface area contributed by atoms with E-state index in [0.29, 0.717) is 11.6 Å². The average molecular weight is 290 g/mol. The molecule has 2 N–H and O–H groups in total. The van der Waals surface area contributed by atoms with Crippen LogP contribution in [-0.4, -0.2) is 42.4 Å². The van der Waals surface area contributed by atoms with E-state index in [1.54, 1.807) is 7.05 Å². The van der Waals surface area contributed by atoms with Crippen LogP contribution < -0.4 is 9.80 Å². The van der Waals surface area contributed by atoms with Gasteiger partial charge in [0.2, 0.25) is 0 Å². The van der Waals surface area contributed by atoms with E-state index in [0.717, 1.165) is 24.3 Å². The first-order chi connectivity index (χ1) is 10.1. The molecule has 1 aromatic carbocycles. The van der Waals surface area contributed by atoms with E-state index in [2.05, 4.69) is 4.90 Å². The van der Waals surface area contributed by atoms with Crippen molar-refractivity contribution in [1.82, 2.24) is 0 Å². The molecule has 0 spiro atoms. The van der Waals surface area contributed by atoms with Crippen molar-refractivity contribution in [3.63, 3.8) is 0 Å². The summed E-state index contributed by atoms with van der Waals surface area (Å²) in [7, 11) is 1.70. The fraction of sp³-hybridized carbons (Fsp3) is 0.562. The van der Waals surface area contributed by atoms with Gasteiger partial charge in [-0.15, -0.1) is 0 Å². The Hall–Kier alpha value is -1.59. The fourth-order valence-electron chi connectivity index (χ4n) is 3.13. The summed E-state index contributed by atoms with van der Waals surface area (Å²) in [5.41, 5.74) is 2.54. The van der Waals surface area contributed by atoms with E-state index >= 15 is 0 Å². The second kappa shape index (κ2) is 5.66. The van der Waals surface area contributed by atoms with Crippen molar-refractivity contribution >= 4 is 17.3 Å². The summed E-state index contributed by atoms with van der Waals surface area (Å²) in [6, 6.07) is 6.34. The van der Waals surface area contributed by atoms with Crippen LogP contribution in [0.15, 0.2) is 18.2 Å². The molecule has 1 heterocycles. The number of hydrogen-bond donors (Lipinski definition) is 2. The van der Waals surface area contributed by atoms with Gasteiger partial charge in [0, 0.05) is 37.5 Å². The number of benzene rings is 1. The van der Waals surface area contributed by atoms with Gasteiger partial charge in [-0.2, -0.15) is 0 Å². The Morgan fingerprint density at radius 2 is 2.14 bits per heavy atom. The van der Waals surface area contributed by atoms with Crippen molar-refractivity contribution in [1.29, 1.82) is 0 Å². The minimum absolute atomic E-state index is 0.186. The summed E-state index contributed by atoms with van der Waals surface area (Å²) in [4.78, 5) is 15.7. The lowest BCUT2D eigenvalue weighted by atomic mass is 9.90. The molecule has 1 fully saturated rings. The SMILES string of the molecule is CN1C(=O)C(O)c2ccc(N(CCCO)C3CCC3)cc21. The molecule has 3 rings (SSSR count). The van der Waals surface area contributed by atoms with Gasteiger partial charge in [0.1, 0.15) is 0 Å². The van der Waals surface area contributed by atoms with E-state index in [1.165, 1.54) is 24.2 Å². The maximum absolute atomic E-state index is 11.8. The van der Waals surface area contributed by atoms with Crippen molar-refractivity contribution in [2.24, 2.45) is 0 Å². The number of carbonyl (C=O) groups is 1. The molecule has 1 unspecified atom stereocenters. The monoisotopic (exact) mass is 290 g/mol. The predicted molar refractivity (Wildman–Crippen MR) is 81.5 cm³/mol. The number of nitrogens with zero attached hydrogens (tertiary/aromatic N) is 2. The molecule has 2 aliphatic rings. The highest BCUT2D eigenvalue weighted by Gasteiger charge is 2.34. The molecule has 0 saturated heterocycles. The largest absolute Gasteiger partial charge is 0.396 e. The third-order valence-corrected chi connectivity index (χ3v) is 4.64. The van der Waals surface area contributed by atoms with Gasteiger partial charge in [0.25, 0.3) is 5.91 Å². The number of rotatable bonds is 5. The van der Waals surface area contributed by atoms with Crippen molar-refractivity contribution in [3.8, 4) is 0 Å². The number of anilines is 2. The Labute approximate surface area is 124 Å². The first-order valence-electron chi connectivity index (χ1n) is 7.60. The number of aliphatic hydroxyl groups is 2. The van der Waals surface area contributed by atoms with Gasteiger partial charge in [0.05, 0.1) is 5.69 Å². The van der Waals surface area contributed by atoms with E-state index in [1.807, 2.05) is 18.2 Å². The molecule has 0 radical (unpaired) electrons. The Balaban J connectivity index is 1.89. The number of fused-ring (bicyclic) bond motifs is 1. The summed E-state index contributed by atoms with van der Waals surface area (Å²) in [5, 5.41) is 19.0. The molecule has 1 amide bonds. The van der Waals surface area contributed by atoms with Crippen LogP contribution in [-0.2, 0) is 4.79 Å². The van der Waals surface area contributed by atoms with Crippen LogP contribution in [0, 0.1) is 0 Å². The van der Waals surface area contributed by atoms with Crippen LogP contribution in [0.2, 0.25) is 0 Å². The van der Waals surface area contributed by atoms with Crippen LogP contribution in [0.25, 0.3) is 0 Å². The summed E-state index contributed by atoms with van der Waals surface area (Å²) in [5.74, 6) is -0.271. The number of hydrogen-bond acceptors (Lipinski definition) is 4. The maximum atomic E-state index is 11.8. The molecule has 5 heteroatoms. The Morgan fingerprint density at radius 1 is 1.38 bits per heavy atom. The Morgan fingerprint density at radius 3 is 2.76 bits per heavy atom. The Bertz CT molecular complexity index is 542. The van der Waals surface area contributed by atoms with Crippen molar-refractivity contribution < 1.29 is 15.0 Å². The standard InChI is InChI=1S/C16H22N2O3/c1-17-14-10-12(6-7-13(14)15(20)16(17)21)18(8-3-9-19)11-4-2-5-11/h6-7,10-11,15,19-20H,2-5,8-9H2,1H3. The normalized spacial score (nSPS) is 21.4. The fourth-order valence-corrected chi connectivity index (χ4v) is 3.13. The van der Waals surface area contributed by atoms with Gasteiger partial charge >= 0.3 is 0 Å². The average Bonchev–Trinajstić information content (AvgIpc) is 2.66. The van der Waals surface area contributed by atoms with Crippen molar-refractivity contribution in [2.45, 2.75) is 37.8 Å². The maximum Gasteiger partial charge on any atom is 0.260 e. The minimum atomic E-state index is -1.03. The number of amides is 1. The lowest BCUT2D eigenvalue weighted by Crippen LogP contribution is -2.41. The molecular weight excluding hydrogens is 268 g/mol. The highest BCUT2D eigenvalue weighted by molar-refractivity contribution is 6.03. The van der Waals surface area contributed by atoms with E-state index in [4.69, 9.17) is 5.11 Å². The molecule has 114 valence electrons. The first-order valence-corrected chi connectivity index (χ1v) is 7.60. The third kappa shape index (κ3) is 2.40. The summed E-state index contributed by atoms with van der Waals surface area (Å²) >= 11 is 0. The summed E-state index contributed by atoms with van der Waals surface area (Å²) in [6.45, 7) is 1.01. The zero-order valence-electron chi connectivity index (χ0n) is 12.3. The van der Waals surface area contributed by atoms with Crippen LogP contribution >= 0.6 is 0 Å². The molecule has 1 saturated carbocycles. The van der Waals surface area contributed by atoms with Gasteiger partial charge in [-0.3, -0.25) is 4.79 Å². The predicted octanol–water partition coefficient (Wildman–Crippen LogP) is 1.44. The van der Waals surface area contributed by atoms with Gasteiger partial charge in [-0.05, 0) is 37.8 Å². The van der Waals surface area contributed by atoms with Crippen LogP contribution in [0.5, 0.6) is 0 Å². The molecule has 1 aromatic rings. The lowest BCUT2D eigenvalue weighted by molar-refractivity contribution is -0.125. The zero-order valence-corrected chi connectivity index (χ0v) is 12.3. The molecule has 0 bridgehead atoms. The second-order valence-electron chi connectivity index (χ2n) is 5.90. The zero-order chi connectivity index (χ0) is 15.0. The molecule has 1 aliphatic heterocycles. The van der Waals surface area contributed by atoms with Crippen LogP contribution in [0.3, 0.4) is 0 Å². The summed E-state index contributed by atoms with van der Waals surface area (Å²) < 4.78 is 0. The highest BCUT2D eigenvalue weighted by Crippen LogP contribution is 2.39. The summed E-state index contributed by atoms with van der Waals surface area (Å²) in [6.07, 6.45) is 3.32. The molecule has 0 aromatic heterocycles. The molecule has 5 nitrogen and oxygen atoms in total. The third-order valence-electron chi connectivity index (χ3n) is 4.64. The highest BCUT2D eigenvalue weighted by atomic mass is 16.3. The molecule has 21 heavy (non-hydrogen) atoms. The topological polar surface area (TPSA) is 64.0 Å². The second-order valence-corrected chi connectivity index (χ2v) is 5.90. The smallest absolute Gasteiger partial charge is 0.260 e. The van der Waals surface area contributed by atoms with Crippen LogP contribution in [0.1, 0.15) is 37.4 Å². The number of carbonyl (C=O) groups excluding carboxylic acids is 1. The van der Waals surface area contributed by atoms with Crippen molar-refractivity contribution in [3.05, 3.63) is 23.8 Å². The van der Waals surface area contributed by atoms with Gasteiger partial charge in [0.15, 0.2) is 6.10 Å². The number of likely N-dealkylation sites (N-methyl/N-ethyl adjacent to an activating group) is 1. The lowest BCUT2D eigenvalue weighted by Gasteiger charge is -2.39. The molecular formula is C16H22N2O3. The van der Waals surface area contributed by atoms with Crippen molar-refractivity contribution in [2.75, 3.05) is 30.0 Å². The van der Waals surface area contributed by atoms with E-state index < -0.39 is 6.10 Å². The molecule has 1 atom stereocenters. The Kier molecular flexibility index (Phi) is 3.87. The van der Waals surface area contributed by atoms with Gasteiger partial charge in [-0.25, -0.2) is 0 Å². The first kappa shape index (κ1) is 14.4. The van der Waals surface area contributed by atoms with Crippen LogP contribution in [0.4, 0.5) is 11.4 Å². The quantitative estimate of drug-likeness (QED) is 0.861.